The van der Waals surface area contributed by atoms with Gasteiger partial charge in [-0.25, -0.2) is 0 Å². The largest absolute Gasteiger partial charge is 0.392 e. The zero-order valence-electron chi connectivity index (χ0n) is 12.3. The van der Waals surface area contributed by atoms with Crippen molar-refractivity contribution in [3.05, 3.63) is 29.8 Å². The lowest BCUT2D eigenvalue weighted by Gasteiger charge is -2.19. The molecule has 1 heterocycles. The Morgan fingerprint density at radius 1 is 1.35 bits per heavy atom. The molecule has 1 amide bonds. The summed E-state index contributed by atoms with van der Waals surface area (Å²) < 4.78 is 0. The molecule has 4 heteroatoms. The van der Waals surface area contributed by atoms with E-state index in [4.69, 9.17) is 0 Å². The third-order valence-corrected chi connectivity index (χ3v) is 3.91. The zero-order chi connectivity index (χ0) is 14.5. The second-order valence-corrected chi connectivity index (χ2v) is 5.43. The molecule has 1 saturated heterocycles. The molecule has 0 aliphatic carbocycles. The van der Waals surface area contributed by atoms with Crippen LogP contribution in [0.1, 0.15) is 44.7 Å². The van der Waals surface area contributed by atoms with Gasteiger partial charge in [-0.3, -0.25) is 4.79 Å². The van der Waals surface area contributed by atoms with E-state index in [-0.39, 0.29) is 18.1 Å². The third kappa shape index (κ3) is 3.58. The van der Waals surface area contributed by atoms with Gasteiger partial charge in [0.2, 0.25) is 5.91 Å². The van der Waals surface area contributed by atoms with Crippen LogP contribution in [0.15, 0.2) is 24.3 Å². The van der Waals surface area contributed by atoms with Crippen LogP contribution in [0.4, 0.5) is 5.69 Å². The Hall–Kier alpha value is -1.39. The lowest BCUT2D eigenvalue weighted by molar-refractivity contribution is -0.117. The molecule has 0 spiro atoms. The van der Waals surface area contributed by atoms with E-state index in [1.165, 1.54) is 5.56 Å². The van der Waals surface area contributed by atoms with Crippen molar-refractivity contribution in [1.29, 1.82) is 0 Å². The van der Waals surface area contributed by atoms with Gasteiger partial charge < -0.3 is 15.3 Å². The normalized spacial score (nSPS) is 18.4. The fraction of sp³-hybridized carbons (Fsp3) is 0.562. The molecule has 2 atom stereocenters. The Kier molecular flexibility index (Phi) is 5.15. The number of carbonyl (C=O) groups excluding carboxylic acids is 1. The van der Waals surface area contributed by atoms with Gasteiger partial charge in [0.15, 0.2) is 0 Å². The van der Waals surface area contributed by atoms with E-state index in [1.807, 2.05) is 24.0 Å². The number of amides is 1. The van der Waals surface area contributed by atoms with Gasteiger partial charge in [-0.15, -0.1) is 0 Å². The number of anilines is 1. The van der Waals surface area contributed by atoms with Gasteiger partial charge in [-0.05, 0) is 37.5 Å². The molecule has 110 valence electrons. The molecule has 0 aromatic heterocycles. The maximum atomic E-state index is 11.7. The zero-order valence-corrected chi connectivity index (χ0v) is 12.3. The molecule has 0 bridgehead atoms. The van der Waals surface area contributed by atoms with Crippen molar-refractivity contribution in [3.8, 4) is 0 Å². The summed E-state index contributed by atoms with van der Waals surface area (Å²) in [5.74, 6) is 0.218. The maximum Gasteiger partial charge on any atom is 0.227 e. The smallest absolute Gasteiger partial charge is 0.227 e. The van der Waals surface area contributed by atoms with E-state index in [1.54, 1.807) is 0 Å². The van der Waals surface area contributed by atoms with Crippen LogP contribution >= 0.6 is 0 Å². The predicted octanol–water partition coefficient (Wildman–Crippen LogP) is 2.23. The number of nitrogens with zero attached hydrogens (tertiary/aromatic N) is 1. The van der Waals surface area contributed by atoms with Crippen molar-refractivity contribution >= 4 is 11.6 Å². The summed E-state index contributed by atoms with van der Waals surface area (Å²) in [5, 5.41) is 12.9. The van der Waals surface area contributed by atoms with E-state index < -0.39 is 0 Å². The molecule has 20 heavy (non-hydrogen) atoms. The summed E-state index contributed by atoms with van der Waals surface area (Å²) in [6, 6.07) is 8.31. The molecule has 1 aromatic rings. The summed E-state index contributed by atoms with van der Waals surface area (Å²) >= 11 is 0. The molecule has 2 rings (SSSR count). The highest BCUT2D eigenvalue weighted by Crippen LogP contribution is 2.23. The van der Waals surface area contributed by atoms with E-state index in [0.29, 0.717) is 13.0 Å². The number of hydrogen-bond acceptors (Lipinski definition) is 3. The summed E-state index contributed by atoms with van der Waals surface area (Å²) in [4.78, 5) is 13.5. The summed E-state index contributed by atoms with van der Waals surface area (Å²) in [7, 11) is 0. The Morgan fingerprint density at radius 2 is 2.05 bits per heavy atom. The van der Waals surface area contributed by atoms with Crippen molar-refractivity contribution in [2.75, 3.05) is 18.0 Å². The van der Waals surface area contributed by atoms with Crippen LogP contribution in [0.5, 0.6) is 0 Å². The van der Waals surface area contributed by atoms with E-state index in [9.17, 15) is 9.90 Å². The minimum atomic E-state index is -0.293. The second-order valence-electron chi connectivity index (χ2n) is 5.43. The van der Waals surface area contributed by atoms with Crippen LogP contribution in [-0.2, 0) is 4.79 Å². The standard InChI is InChI=1S/C16H24N2O2/c1-3-15(19)11-17-12(2)13-6-8-14(9-7-13)18-10-4-5-16(18)20/h6-9,12,15,17,19H,3-5,10-11H2,1-2H3/t12?,15-/m1/s1. The Balaban J connectivity index is 1.95. The number of rotatable bonds is 6. The van der Waals surface area contributed by atoms with Crippen LogP contribution in [0, 0.1) is 0 Å². The summed E-state index contributed by atoms with van der Waals surface area (Å²) in [5.41, 5.74) is 2.15. The molecule has 1 aliphatic rings. The van der Waals surface area contributed by atoms with Gasteiger partial charge in [0.25, 0.3) is 0 Å². The average Bonchev–Trinajstić information content (AvgIpc) is 2.90. The van der Waals surface area contributed by atoms with Gasteiger partial charge >= 0.3 is 0 Å². The topological polar surface area (TPSA) is 52.6 Å². The molecule has 1 fully saturated rings. The monoisotopic (exact) mass is 276 g/mol. The van der Waals surface area contributed by atoms with Crippen molar-refractivity contribution in [3.63, 3.8) is 0 Å². The summed E-state index contributed by atoms with van der Waals surface area (Å²) in [6.45, 7) is 5.48. The van der Waals surface area contributed by atoms with Gasteiger partial charge in [0.05, 0.1) is 6.10 Å². The van der Waals surface area contributed by atoms with Crippen molar-refractivity contribution in [2.45, 2.75) is 45.3 Å². The number of carbonyl (C=O) groups is 1. The fourth-order valence-electron chi connectivity index (χ4n) is 2.44. The first-order valence-electron chi connectivity index (χ1n) is 7.43. The summed E-state index contributed by atoms with van der Waals surface area (Å²) in [6.07, 6.45) is 2.08. The van der Waals surface area contributed by atoms with Gasteiger partial charge in [-0.2, -0.15) is 0 Å². The molecule has 4 nitrogen and oxygen atoms in total. The molecule has 0 radical (unpaired) electrons. The Morgan fingerprint density at radius 3 is 2.60 bits per heavy atom. The van der Waals surface area contributed by atoms with Crippen molar-refractivity contribution < 1.29 is 9.90 Å². The number of aliphatic hydroxyl groups excluding tert-OH is 1. The van der Waals surface area contributed by atoms with E-state index in [2.05, 4.69) is 24.4 Å². The first-order valence-corrected chi connectivity index (χ1v) is 7.43. The van der Waals surface area contributed by atoms with Crippen LogP contribution in [-0.4, -0.2) is 30.2 Å². The Bertz CT molecular complexity index is 444. The number of benzene rings is 1. The highest BCUT2D eigenvalue weighted by atomic mass is 16.3. The highest BCUT2D eigenvalue weighted by Gasteiger charge is 2.21. The van der Waals surface area contributed by atoms with Crippen LogP contribution in [0.2, 0.25) is 0 Å². The predicted molar refractivity (Wildman–Crippen MR) is 80.7 cm³/mol. The van der Waals surface area contributed by atoms with Gasteiger partial charge in [0, 0.05) is 31.2 Å². The van der Waals surface area contributed by atoms with Gasteiger partial charge in [-0.1, -0.05) is 19.1 Å². The molecular weight excluding hydrogens is 252 g/mol. The van der Waals surface area contributed by atoms with E-state index in [0.717, 1.165) is 25.1 Å². The van der Waals surface area contributed by atoms with Crippen LogP contribution in [0.3, 0.4) is 0 Å². The fourth-order valence-corrected chi connectivity index (χ4v) is 2.44. The number of nitrogens with one attached hydrogen (secondary N) is 1. The lowest BCUT2D eigenvalue weighted by atomic mass is 10.1. The SMILES string of the molecule is CC[C@@H](O)CNC(C)c1ccc(N2CCCC2=O)cc1. The maximum absolute atomic E-state index is 11.7. The highest BCUT2D eigenvalue weighted by molar-refractivity contribution is 5.95. The van der Waals surface area contributed by atoms with Crippen LogP contribution < -0.4 is 10.2 Å². The molecule has 1 aromatic carbocycles. The first-order chi connectivity index (χ1) is 9.61. The Labute approximate surface area is 120 Å². The van der Waals surface area contributed by atoms with Crippen molar-refractivity contribution in [1.82, 2.24) is 5.32 Å². The number of hydrogen-bond donors (Lipinski definition) is 2. The molecular formula is C16H24N2O2. The minimum Gasteiger partial charge on any atom is -0.392 e. The van der Waals surface area contributed by atoms with Crippen LogP contribution in [0.25, 0.3) is 0 Å². The third-order valence-electron chi connectivity index (χ3n) is 3.91. The second kappa shape index (κ2) is 6.86. The quantitative estimate of drug-likeness (QED) is 0.838. The van der Waals surface area contributed by atoms with Crippen molar-refractivity contribution in [2.24, 2.45) is 0 Å². The van der Waals surface area contributed by atoms with Gasteiger partial charge in [0.1, 0.15) is 0 Å². The molecule has 1 unspecified atom stereocenters. The minimum absolute atomic E-state index is 0.194. The first kappa shape index (κ1) is 15.0. The number of aliphatic hydroxyl groups is 1. The lowest BCUT2D eigenvalue weighted by Crippen LogP contribution is -2.28. The molecule has 0 saturated carbocycles. The molecule has 2 N–H and O–H groups in total. The van der Waals surface area contributed by atoms with E-state index >= 15 is 0 Å². The molecule has 1 aliphatic heterocycles. The average molecular weight is 276 g/mol.